The van der Waals surface area contributed by atoms with Crippen LogP contribution in [0, 0.1) is 5.92 Å². The largest absolute Gasteiger partial charge is 0.481 e. The molecule has 2 aliphatic rings. The molecular weight excluding hydrogens is 270 g/mol. The van der Waals surface area contributed by atoms with Gasteiger partial charge in [-0.1, -0.05) is 12.8 Å². The lowest BCUT2D eigenvalue weighted by atomic mass is 9.81. The van der Waals surface area contributed by atoms with Crippen LogP contribution in [0.3, 0.4) is 0 Å². The molecule has 1 fully saturated rings. The van der Waals surface area contributed by atoms with Crippen LogP contribution in [0.1, 0.15) is 44.9 Å². The summed E-state index contributed by atoms with van der Waals surface area (Å²) in [4.78, 5) is 22.2. The summed E-state index contributed by atoms with van der Waals surface area (Å²) in [7, 11) is 0. The van der Waals surface area contributed by atoms with Crippen LogP contribution in [-0.4, -0.2) is 35.6 Å². The molecule has 118 valence electrons. The predicted octanol–water partition coefficient (Wildman–Crippen LogP) is 0.731. The van der Waals surface area contributed by atoms with Gasteiger partial charge in [0.05, 0.1) is 6.04 Å². The zero-order valence-electron chi connectivity index (χ0n) is 12.3. The number of carbonyl (C=O) groups excluding carboxylic acids is 1. The summed E-state index contributed by atoms with van der Waals surface area (Å²) < 4.78 is 0. The molecule has 0 spiro atoms. The molecule has 5 N–H and O–H groups in total. The van der Waals surface area contributed by atoms with Crippen LogP contribution in [0.25, 0.3) is 0 Å². The first-order chi connectivity index (χ1) is 10.1. The van der Waals surface area contributed by atoms with E-state index in [1.54, 1.807) is 0 Å². The second kappa shape index (κ2) is 7.45. The summed E-state index contributed by atoms with van der Waals surface area (Å²) >= 11 is 0. The molecule has 3 atom stereocenters. The number of carboxylic acid groups (broad SMARTS) is 1. The molecule has 2 rings (SSSR count). The Morgan fingerprint density at radius 3 is 2.95 bits per heavy atom. The van der Waals surface area contributed by atoms with Gasteiger partial charge in [-0.2, -0.15) is 0 Å². The van der Waals surface area contributed by atoms with Crippen molar-refractivity contribution < 1.29 is 14.7 Å². The lowest BCUT2D eigenvalue weighted by molar-refractivity contribution is -0.137. The van der Waals surface area contributed by atoms with Crippen LogP contribution >= 0.6 is 0 Å². The molecule has 0 bridgehead atoms. The van der Waals surface area contributed by atoms with E-state index in [1.165, 1.54) is 31.3 Å². The maximum absolute atomic E-state index is 11.7. The molecule has 0 aromatic carbocycles. The highest BCUT2D eigenvalue weighted by atomic mass is 16.4. The Hall–Kier alpha value is -1.56. The molecule has 0 radical (unpaired) electrons. The van der Waals surface area contributed by atoms with Crippen LogP contribution in [0.5, 0.6) is 0 Å². The first-order valence-electron chi connectivity index (χ1n) is 7.78. The lowest BCUT2D eigenvalue weighted by Crippen LogP contribution is -2.41. The van der Waals surface area contributed by atoms with Crippen molar-refractivity contribution in [1.29, 1.82) is 0 Å². The summed E-state index contributed by atoms with van der Waals surface area (Å²) in [6, 6.07) is -0.151. The van der Waals surface area contributed by atoms with Gasteiger partial charge in [0.2, 0.25) is 5.91 Å². The van der Waals surface area contributed by atoms with Gasteiger partial charge in [0.15, 0.2) is 0 Å². The highest BCUT2D eigenvalue weighted by Crippen LogP contribution is 2.34. The molecule has 1 saturated carbocycles. The third-order valence-corrected chi connectivity index (χ3v) is 4.44. The second-order valence-electron chi connectivity index (χ2n) is 5.96. The van der Waals surface area contributed by atoms with E-state index >= 15 is 0 Å². The molecule has 2 unspecified atom stereocenters. The third kappa shape index (κ3) is 4.46. The molecular formula is C15H25N3O3. The minimum absolute atomic E-state index is 0.0760. The Balaban J connectivity index is 1.67. The summed E-state index contributed by atoms with van der Waals surface area (Å²) in [6.45, 7) is 0.566. The highest BCUT2D eigenvalue weighted by Gasteiger charge is 2.31. The van der Waals surface area contributed by atoms with Crippen LogP contribution in [-0.2, 0) is 9.59 Å². The fourth-order valence-electron chi connectivity index (χ4n) is 3.22. The Bertz CT molecular complexity index is 422. The Morgan fingerprint density at radius 1 is 1.43 bits per heavy atom. The van der Waals surface area contributed by atoms with Crippen molar-refractivity contribution in [3.63, 3.8) is 0 Å². The molecule has 0 aromatic rings. The number of fused-ring (bicyclic) bond motifs is 1. The van der Waals surface area contributed by atoms with Crippen molar-refractivity contribution in [1.82, 2.24) is 10.6 Å². The average Bonchev–Trinajstić information content (AvgIpc) is 2.88. The summed E-state index contributed by atoms with van der Waals surface area (Å²) in [6.07, 6.45) is 8.09. The SMILES string of the molecule is N[C@@H](CCC(=O)O)C(=O)NCCC1=CNC2CCCCC12. The van der Waals surface area contributed by atoms with Gasteiger partial charge in [0, 0.05) is 24.9 Å². The van der Waals surface area contributed by atoms with E-state index in [1.807, 2.05) is 0 Å². The van der Waals surface area contributed by atoms with Crippen LogP contribution in [0.2, 0.25) is 0 Å². The quantitative estimate of drug-likeness (QED) is 0.554. The number of rotatable bonds is 7. The van der Waals surface area contributed by atoms with E-state index in [9.17, 15) is 9.59 Å². The molecule has 21 heavy (non-hydrogen) atoms. The summed E-state index contributed by atoms with van der Waals surface area (Å²) in [5.41, 5.74) is 7.05. The van der Waals surface area contributed by atoms with E-state index in [-0.39, 0.29) is 18.7 Å². The molecule has 6 nitrogen and oxygen atoms in total. The first kappa shape index (κ1) is 15.8. The molecule has 1 aliphatic heterocycles. The zero-order chi connectivity index (χ0) is 15.2. The van der Waals surface area contributed by atoms with Crippen molar-refractivity contribution in [3.8, 4) is 0 Å². The van der Waals surface area contributed by atoms with E-state index in [4.69, 9.17) is 10.8 Å². The number of hydrogen-bond donors (Lipinski definition) is 4. The van der Waals surface area contributed by atoms with Gasteiger partial charge in [0.25, 0.3) is 0 Å². The standard InChI is InChI=1S/C15H25N3O3/c16-12(5-6-14(19)20)15(21)17-8-7-10-9-18-13-4-2-1-3-11(10)13/h9,11-13,18H,1-8,16H2,(H,17,21)(H,19,20)/t11?,12-,13?/m0/s1. The van der Waals surface area contributed by atoms with Gasteiger partial charge >= 0.3 is 5.97 Å². The minimum atomic E-state index is -0.927. The van der Waals surface area contributed by atoms with Crippen LogP contribution in [0.4, 0.5) is 0 Å². The number of amides is 1. The average molecular weight is 295 g/mol. The van der Waals surface area contributed by atoms with Crippen molar-refractivity contribution >= 4 is 11.9 Å². The number of aliphatic carboxylic acids is 1. The predicted molar refractivity (Wildman–Crippen MR) is 79.4 cm³/mol. The van der Waals surface area contributed by atoms with Gasteiger partial charge in [-0.15, -0.1) is 0 Å². The fraction of sp³-hybridized carbons (Fsp3) is 0.733. The number of nitrogens with one attached hydrogen (secondary N) is 2. The molecule has 0 aromatic heterocycles. The Morgan fingerprint density at radius 2 is 2.19 bits per heavy atom. The normalized spacial score (nSPS) is 25.5. The summed E-state index contributed by atoms with van der Waals surface area (Å²) in [5.74, 6) is -0.567. The van der Waals surface area contributed by atoms with Crippen molar-refractivity contribution in [2.45, 2.75) is 57.0 Å². The van der Waals surface area contributed by atoms with E-state index in [0.29, 0.717) is 18.5 Å². The molecule has 1 heterocycles. The van der Waals surface area contributed by atoms with Gasteiger partial charge in [-0.25, -0.2) is 0 Å². The smallest absolute Gasteiger partial charge is 0.303 e. The topological polar surface area (TPSA) is 104 Å². The first-order valence-corrected chi connectivity index (χ1v) is 7.78. The van der Waals surface area contributed by atoms with Crippen molar-refractivity contribution in [2.24, 2.45) is 11.7 Å². The number of carbonyl (C=O) groups is 2. The van der Waals surface area contributed by atoms with Crippen LogP contribution < -0.4 is 16.4 Å². The number of nitrogens with two attached hydrogens (primary N) is 1. The Labute approximate surface area is 125 Å². The minimum Gasteiger partial charge on any atom is -0.481 e. The molecule has 6 heteroatoms. The van der Waals surface area contributed by atoms with E-state index in [0.717, 1.165) is 6.42 Å². The summed E-state index contributed by atoms with van der Waals surface area (Å²) in [5, 5.41) is 14.8. The number of hydrogen-bond acceptors (Lipinski definition) is 4. The van der Waals surface area contributed by atoms with Crippen molar-refractivity contribution in [2.75, 3.05) is 6.54 Å². The highest BCUT2D eigenvalue weighted by molar-refractivity contribution is 5.82. The van der Waals surface area contributed by atoms with E-state index < -0.39 is 12.0 Å². The van der Waals surface area contributed by atoms with E-state index in [2.05, 4.69) is 16.8 Å². The third-order valence-electron chi connectivity index (χ3n) is 4.44. The fourth-order valence-corrected chi connectivity index (χ4v) is 3.22. The zero-order valence-corrected chi connectivity index (χ0v) is 12.3. The molecule has 0 saturated heterocycles. The second-order valence-corrected chi connectivity index (χ2v) is 5.96. The number of carboxylic acids is 1. The van der Waals surface area contributed by atoms with Gasteiger partial charge in [-0.05, 0) is 37.5 Å². The monoisotopic (exact) mass is 295 g/mol. The molecule has 1 aliphatic carbocycles. The van der Waals surface area contributed by atoms with Gasteiger partial charge in [-0.3, -0.25) is 9.59 Å². The van der Waals surface area contributed by atoms with Crippen molar-refractivity contribution in [3.05, 3.63) is 11.8 Å². The van der Waals surface area contributed by atoms with Gasteiger partial charge < -0.3 is 21.5 Å². The maximum atomic E-state index is 11.7. The molecule has 1 amide bonds. The lowest BCUT2D eigenvalue weighted by Gasteiger charge is -2.27. The Kier molecular flexibility index (Phi) is 5.61. The van der Waals surface area contributed by atoms with Gasteiger partial charge in [0.1, 0.15) is 0 Å². The maximum Gasteiger partial charge on any atom is 0.303 e. The van der Waals surface area contributed by atoms with Crippen LogP contribution in [0.15, 0.2) is 11.8 Å².